The number of nitrogens with zero attached hydrogens (tertiary/aromatic N) is 6. The number of hydrogen-bond acceptors (Lipinski definition) is 10. The summed E-state index contributed by atoms with van der Waals surface area (Å²) in [5.41, 5.74) is 5.91. The molecule has 5 rings (SSSR count). The number of morpholine rings is 1. The molecule has 178 valence electrons. The predicted molar refractivity (Wildman–Crippen MR) is 135 cm³/mol. The van der Waals surface area contributed by atoms with Crippen LogP contribution in [0.5, 0.6) is 5.75 Å². The maximum Gasteiger partial charge on any atom is 0.176 e. The number of hydrazone groups is 1. The first-order valence-electron chi connectivity index (χ1n) is 11.4. The zero-order valence-corrected chi connectivity index (χ0v) is 19.2. The number of benzene rings is 2. The molecule has 0 amide bonds. The molecular weight excluding hydrogens is 444 g/mol. The molecule has 1 aliphatic rings. The predicted octanol–water partition coefficient (Wildman–Crippen LogP) is 3.32. The molecule has 2 aromatic heterocycles. The normalized spacial score (nSPS) is 14.3. The largest absolute Gasteiger partial charge is 0.492 e. The average Bonchev–Trinajstić information content (AvgIpc) is 2.91. The molecule has 0 atom stereocenters. The van der Waals surface area contributed by atoms with Crippen molar-refractivity contribution in [2.24, 2.45) is 5.10 Å². The zero-order valence-electron chi connectivity index (χ0n) is 19.2. The molecule has 0 bridgehead atoms. The van der Waals surface area contributed by atoms with Gasteiger partial charge in [0.1, 0.15) is 36.0 Å². The molecule has 3 heterocycles. The maximum atomic E-state index is 5.97. The number of aromatic nitrogens is 4. The van der Waals surface area contributed by atoms with E-state index in [1.165, 1.54) is 12.7 Å². The van der Waals surface area contributed by atoms with Crippen molar-refractivity contribution in [3.05, 3.63) is 72.8 Å². The number of hydrogen-bond donors (Lipinski definition) is 2. The number of fused-ring (bicyclic) bond motifs is 1. The highest BCUT2D eigenvalue weighted by Crippen LogP contribution is 2.26. The molecule has 0 aliphatic carbocycles. The molecular formula is C25H26N8O2. The van der Waals surface area contributed by atoms with Gasteiger partial charge in [0.05, 0.1) is 19.4 Å². The molecule has 0 saturated carbocycles. The Balaban J connectivity index is 1.26. The zero-order chi connectivity index (χ0) is 23.7. The van der Waals surface area contributed by atoms with E-state index >= 15 is 0 Å². The first-order chi connectivity index (χ1) is 17.3. The Morgan fingerprint density at radius 3 is 2.51 bits per heavy atom. The fraction of sp³-hybridized carbons (Fsp3) is 0.240. The lowest BCUT2D eigenvalue weighted by molar-refractivity contribution is 0.0322. The third-order valence-electron chi connectivity index (χ3n) is 5.48. The fourth-order valence-corrected chi connectivity index (χ4v) is 3.68. The van der Waals surface area contributed by atoms with Gasteiger partial charge < -0.3 is 14.8 Å². The Bertz CT molecular complexity index is 1280. The highest BCUT2D eigenvalue weighted by molar-refractivity contribution is 5.93. The number of ether oxygens (including phenoxy) is 2. The fourth-order valence-electron chi connectivity index (χ4n) is 3.68. The van der Waals surface area contributed by atoms with Gasteiger partial charge in [-0.3, -0.25) is 10.3 Å². The van der Waals surface area contributed by atoms with Crippen LogP contribution in [0.2, 0.25) is 0 Å². The summed E-state index contributed by atoms with van der Waals surface area (Å²) in [5, 5.41) is 7.60. The summed E-state index contributed by atoms with van der Waals surface area (Å²) in [5.74, 6) is 1.85. The van der Waals surface area contributed by atoms with E-state index in [1.54, 1.807) is 6.21 Å². The minimum atomic E-state index is 0.493. The van der Waals surface area contributed by atoms with Gasteiger partial charge in [0.15, 0.2) is 11.6 Å². The Morgan fingerprint density at radius 1 is 0.914 bits per heavy atom. The summed E-state index contributed by atoms with van der Waals surface area (Å²) in [4.78, 5) is 19.8. The second-order valence-corrected chi connectivity index (χ2v) is 7.88. The van der Waals surface area contributed by atoms with Crippen LogP contribution in [0.1, 0.15) is 5.56 Å². The Labute approximate surface area is 203 Å². The van der Waals surface area contributed by atoms with E-state index in [-0.39, 0.29) is 0 Å². The van der Waals surface area contributed by atoms with Gasteiger partial charge in [-0.25, -0.2) is 19.9 Å². The topological polar surface area (TPSA) is 110 Å². The van der Waals surface area contributed by atoms with Crippen LogP contribution in [0.3, 0.4) is 0 Å². The first kappa shape index (κ1) is 22.6. The summed E-state index contributed by atoms with van der Waals surface area (Å²) >= 11 is 0. The van der Waals surface area contributed by atoms with Gasteiger partial charge in [0.25, 0.3) is 0 Å². The van der Waals surface area contributed by atoms with Crippen LogP contribution < -0.4 is 15.5 Å². The van der Waals surface area contributed by atoms with Crippen LogP contribution in [-0.2, 0) is 4.74 Å². The van der Waals surface area contributed by atoms with Gasteiger partial charge >= 0.3 is 0 Å². The second kappa shape index (κ2) is 11.3. The Kier molecular flexibility index (Phi) is 7.32. The first-order valence-corrected chi connectivity index (χ1v) is 11.4. The summed E-state index contributed by atoms with van der Waals surface area (Å²) in [6, 6.07) is 17.6. The molecule has 1 saturated heterocycles. The average molecular weight is 471 g/mol. The van der Waals surface area contributed by atoms with Crippen molar-refractivity contribution in [3.8, 4) is 5.75 Å². The Morgan fingerprint density at radius 2 is 1.69 bits per heavy atom. The summed E-state index contributed by atoms with van der Waals surface area (Å²) in [6.07, 6.45) is 4.66. The second-order valence-electron chi connectivity index (χ2n) is 7.88. The summed E-state index contributed by atoms with van der Waals surface area (Å²) < 4.78 is 11.4. The van der Waals surface area contributed by atoms with Gasteiger partial charge in [-0.1, -0.05) is 36.4 Å². The van der Waals surface area contributed by atoms with Gasteiger partial charge in [0, 0.05) is 31.4 Å². The lowest BCUT2D eigenvalue weighted by Gasteiger charge is -2.26. The molecule has 0 radical (unpaired) electrons. The third-order valence-corrected chi connectivity index (χ3v) is 5.48. The number of anilines is 3. The van der Waals surface area contributed by atoms with Crippen LogP contribution >= 0.6 is 0 Å². The monoisotopic (exact) mass is 470 g/mol. The lowest BCUT2D eigenvalue weighted by atomic mass is 10.2. The van der Waals surface area contributed by atoms with Crippen molar-refractivity contribution in [1.29, 1.82) is 0 Å². The Hall–Kier alpha value is -4.15. The van der Waals surface area contributed by atoms with Crippen molar-refractivity contribution >= 4 is 34.6 Å². The summed E-state index contributed by atoms with van der Waals surface area (Å²) in [6.45, 7) is 4.95. The molecule has 10 heteroatoms. The van der Waals surface area contributed by atoms with E-state index in [9.17, 15) is 0 Å². The highest BCUT2D eigenvalue weighted by Gasteiger charge is 2.12. The third kappa shape index (κ3) is 6.05. The highest BCUT2D eigenvalue weighted by atomic mass is 16.5. The molecule has 2 aromatic carbocycles. The molecule has 1 fully saturated rings. The van der Waals surface area contributed by atoms with Crippen molar-refractivity contribution < 1.29 is 9.47 Å². The summed E-state index contributed by atoms with van der Waals surface area (Å²) in [7, 11) is 0. The molecule has 10 nitrogen and oxygen atoms in total. The van der Waals surface area contributed by atoms with Crippen molar-refractivity contribution in [2.45, 2.75) is 0 Å². The standard InChI is InChI=1S/C25H26N8O2/c1-2-5-19(6-3-1)16-30-32-25-23-22(26-18-29-25)24(28-17-27-23)31-20-7-4-8-21(15-20)35-14-11-33-9-12-34-13-10-33/h1-8,15-18H,9-14H2,(H,26,29,32)(H,27,28,31). The van der Waals surface area contributed by atoms with E-state index in [0.717, 1.165) is 49.8 Å². The van der Waals surface area contributed by atoms with Gasteiger partial charge in [-0.15, -0.1) is 0 Å². The minimum Gasteiger partial charge on any atom is -0.492 e. The number of rotatable bonds is 9. The van der Waals surface area contributed by atoms with E-state index in [0.29, 0.717) is 29.3 Å². The molecule has 1 aliphatic heterocycles. The quantitative estimate of drug-likeness (QED) is 0.281. The number of nitrogens with one attached hydrogen (secondary N) is 2. The van der Waals surface area contributed by atoms with Crippen molar-refractivity contribution in [3.63, 3.8) is 0 Å². The van der Waals surface area contributed by atoms with Crippen LogP contribution in [0.15, 0.2) is 72.4 Å². The van der Waals surface area contributed by atoms with E-state index in [4.69, 9.17) is 9.47 Å². The van der Waals surface area contributed by atoms with Crippen molar-refractivity contribution in [2.75, 3.05) is 50.2 Å². The van der Waals surface area contributed by atoms with E-state index in [1.807, 2.05) is 54.6 Å². The lowest BCUT2D eigenvalue weighted by Crippen LogP contribution is -2.38. The molecule has 2 N–H and O–H groups in total. The molecule has 0 spiro atoms. The SMILES string of the molecule is C(=NNc1ncnc2c(Nc3cccc(OCCN4CCOCC4)c3)ncnc12)c1ccccc1. The maximum absolute atomic E-state index is 5.97. The van der Waals surface area contributed by atoms with Crippen LogP contribution in [0.25, 0.3) is 11.0 Å². The molecule has 0 unspecified atom stereocenters. The van der Waals surface area contributed by atoms with Crippen molar-refractivity contribution in [1.82, 2.24) is 24.8 Å². The van der Waals surface area contributed by atoms with Crippen LogP contribution in [0, 0.1) is 0 Å². The van der Waals surface area contributed by atoms with Gasteiger partial charge in [-0.2, -0.15) is 5.10 Å². The van der Waals surface area contributed by atoms with Gasteiger partial charge in [-0.05, 0) is 17.7 Å². The van der Waals surface area contributed by atoms with E-state index < -0.39 is 0 Å². The minimum absolute atomic E-state index is 0.493. The smallest absolute Gasteiger partial charge is 0.176 e. The molecule has 4 aromatic rings. The van der Waals surface area contributed by atoms with Crippen LogP contribution in [-0.4, -0.2) is 70.5 Å². The van der Waals surface area contributed by atoms with E-state index in [2.05, 4.69) is 40.7 Å². The van der Waals surface area contributed by atoms with Gasteiger partial charge in [0.2, 0.25) is 0 Å². The van der Waals surface area contributed by atoms with Crippen LogP contribution in [0.4, 0.5) is 17.3 Å². The molecule has 35 heavy (non-hydrogen) atoms.